The molecule has 0 aromatic heterocycles. The lowest BCUT2D eigenvalue weighted by Crippen LogP contribution is -2.41. The number of amides is 1. The molecule has 0 saturated carbocycles. The van der Waals surface area contributed by atoms with Gasteiger partial charge in [-0.25, -0.2) is 9.79 Å². The number of fused-ring (bicyclic) bond motifs is 1. The number of carbonyl (C=O) groups is 2. The van der Waals surface area contributed by atoms with Crippen molar-refractivity contribution in [1.82, 2.24) is 14.7 Å². The van der Waals surface area contributed by atoms with E-state index in [9.17, 15) is 9.59 Å². The number of hydrogen-bond donors (Lipinski definition) is 0. The maximum atomic E-state index is 13.2. The predicted molar refractivity (Wildman–Crippen MR) is 127 cm³/mol. The van der Waals surface area contributed by atoms with Crippen LogP contribution in [0.3, 0.4) is 0 Å². The summed E-state index contributed by atoms with van der Waals surface area (Å²) in [6, 6.07) is 9.75. The largest absolute Gasteiger partial charge is 0.466 e. The van der Waals surface area contributed by atoms with Crippen molar-refractivity contribution in [3.05, 3.63) is 58.3 Å². The number of hydrogen-bond acceptors (Lipinski definition) is 7. The molecule has 2 atom stereocenters. The lowest BCUT2D eigenvalue weighted by molar-refractivity contribution is -0.136. The summed E-state index contributed by atoms with van der Waals surface area (Å²) in [4.78, 5) is 37.0. The molecule has 3 heterocycles. The minimum absolute atomic E-state index is 0.0788. The van der Waals surface area contributed by atoms with E-state index in [0.29, 0.717) is 12.0 Å². The number of likely N-dealkylation sites (N-methyl/N-ethyl adjacent to an activating group) is 2. The monoisotopic (exact) mass is 454 g/mol. The fourth-order valence-corrected chi connectivity index (χ4v) is 5.51. The third kappa shape index (κ3) is 4.21. The number of benzene rings is 1. The molecule has 8 heteroatoms. The van der Waals surface area contributed by atoms with Gasteiger partial charge in [-0.1, -0.05) is 49.0 Å². The summed E-state index contributed by atoms with van der Waals surface area (Å²) in [6.07, 6.45) is 1.88. The lowest BCUT2D eigenvalue weighted by Gasteiger charge is -2.37. The van der Waals surface area contributed by atoms with Crippen molar-refractivity contribution in [2.75, 3.05) is 34.3 Å². The van der Waals surface area contributed by atoms with Crippen molar-refractivity contribution in [3.8, 4) is 0 Å². The van der Waals surface area contributed by atoms with Crippen LogP contribution in [0.2, 0.25) is 0 Å². The Hall–Kier alpha value is -2.58. The van der Waals surface area contributed by atoms with Crippen molar-refractivity contribution >= 4 is 28.8 Å². The van der Waals surface area contributed by atoms with Crippen LogP contribution in [-0.4, -0.2) is 72.1 Å². The predicted octanol–water partition coefficient (Wildman–Crippen LogP) is 3.38. The minimum atomic E-state index is -0.382. The van der Waals surface area contributed by atoms with E-state index in [1.807, 2.05) is 59.5 Å². The van der Waals surface area contributed by atoms with Gasteiger partial charge in [-0.15, -0.1) is 0 Å². The van der Waals surface area contributed by atoms with Gasteiger partial charge < -0.3 is 19.4 Å². The van der Waals surface area contributed by atoms with Crippen molar-refractivity contribution < 1.29 is 14.3 Å². The second-order valence-corrected chi connectivity index (χ2v) is 9.23. The van der Waals surface area contributed by atoms with Gasteiger partial charge >= 0.3 is 5.97 Å². The van der Waals surface area contributed by atoms with Gasteiger partial charge in [0, 0.05) is 25.3 Å². The molecule has 3 aliphatic heterocycles. The molecule has 0 radical (unpaired) electrons. The zero-order valence-corrected chi connectivity index (χ0v) is 19.9. The Morgan fingerprint density at radius 1 is 1.28 bits per heavy atom. The Labute approximate surface area is 193 Å². The van der Waals surface area contributed by atoms with Crippen LogP contribution in [0.15, 0.2) is 57.7 Å². The Kier molecular flexibility index (Phi) is 6.71. The zero-order chi connectivity index (χ0) is 22.8. The number of nitrogens with zero attached hydrogens (tertiary/aromatic N) is 4. The molecule has 32 heavy (non-hydrogen) atoms. The van der Waals surface area contributed by atoms with E-state index < -0.39 is 0 Å². The van der Waals surface area contributed by atoms with Gasteiger partial charge in [-0.2, -0.15) is 0 Å². The summed E-state index contributed by atoms with van der Waals surface area (Å²) in [6.45, 7) is 3.90. The average molecular weight is 455 g/mol. The fraction of sp³-hybridized carbons (Fsp3) is 0.458. The molecule has 4 rings (SSSR count). The van der Waals surface area contributed by atoms with E-state index in [1.54, 1.807) is 0 Å². The lowest BCUT2D eigenvalue weighted by atomic mass is 9.93. The van der Waals surface area contributed by atoms with Crippen LogP contribution in [-0.2, 0) is 14.3 Å². The molecular formula is C24H30N4O3S. The molecule has 0 bridgehead atoms. The Bertz CT molecular complexity index is 988. The summed E-state index contributed by atoms with van der Waals surface area (Å²) in [5, 5.41) is 2.80. The number of methoxy groups -OCH3 is 1. The van der Waals surface area contributed by atoms with Crippen LogP contribution in [0.25, 0.3) is 0 Å². The Morgan fingerprint density at radius 2 is 2.03 bits per heavy atom. The Morgan fingerprint density at radius 3 is 2.66 bits per heavy atom. The molecule has 2 unspecified atom stereocenters. The third-order valence-electron chi connectivity index (χ3n) is 6.38. The van der Waals surface area contributed by atoms with Gasteiger partial charge in [0.25, 0.3) is 0 Å². The first kappa shape index (κ1) is 22.6. The molecule has 0 spiro atoms. The van der Waals surface area contributed by atoms with Crippen molar-refractivity contribution in [3.63, 3.8) is 0 Å². The molecule has 1 fully saturated rings. The van der Waals surface area contributed by atoms with Crippen LogP contribution in [0.5, 0.6) is 0 Å². The minimum Gasteiger partial charge on any atom is -0.466 e. The van der Waals surface area contributed by atoms with Gasteiger partial charge in [0.1, 0.15) is 0 Å². The molecule has 1 aromatic rings. The SMILES string of the molecule is CCC1=C(C(=O)OC)C(c2ccccc2)N2C(CC(=O)N(C)C3CCN(C)C3)=CSC2=N1. The summed E-state index contributed by atoms with van der Waals surface area (Å²) < 4.78 is 5.16. The van der Waals surface area contributed by atoms with E-state index in [-0.39, 0.29) is 30.4 Å². The smallest absolute Gasteiger partial charge is 0.338 e. The highest BCUT2D eigenvalue weighted by molar-refractivity contribution is 8.16. The quantitative estimate of drug-likeness (QED) is 0.614. The number of amidine groups is 1. The van der Waals surface area contributed by atoms with E-state index in [1.165, 1.54) is 18.9 Å². The van der Waals surface area contributed by atoms with E-state index in [0.717, 1.165) is 41.6 Å². The van der Waals surface area contributed by atoms with E-state index in [2.05, 4.69) is 11.9 Å². The molecular weight excluding hydrogens is 424 g/mol. The zero-order valence-electron chi connectivity index (χ0n) is 19.1. The fourth-order valence-electron chi connectivity index (χ4n) is 4.57. The summed E-state index contributed by atoms with van der Waals surface area (Å²) in [5.74, 6) is -0.303. The molecule has 0 aliphatic carbocycles. The van der Waals surface area contributed by atoms with Crippen molar-refractivity contribution in [2.45, 2.75) is 38.3 Å². The van der Waals surface area contributed by atoms with Crippen LogP contribution in [0.4, 0.5) is 0 Å². The van der Waals surface area contributed by atoms with Gasteiger partial charge in [-0.3, -0.25) is 4.79 Å². The Balaban J connectivity index is 1.66. The maximum absolute atomic E-state index is 13.2. The molecule has 170 valence electrons. The average Bonchev–Trinajstić information content (AvgIpc) is 3.43. The van der Waals surface area contributed by atoms with Gasteiger partial charge in [-0.05, 0) is 37.4 Å². The molecule has 1 saturated heterocycles. The molecule has 1 amide bonds. The molecule has 7 nitrogen and oxygen atoms in total. The first-order valence-electron chi connectivity index (χ1n) is 11.0. The summed E-state index contributed by atoms with van der Waals surface area (Å²) in [5.41, 5.74) is 3.10. The van der Waals surface area contributed by atoms with Crippen molar-refractivity contribution in [1.29, 1.82) is 0 Å². The molecule has 1 aromatic carbocycles. The first-order valence-corrected chi connectivity index (χ1v) is 11.9. The number of rotatable bonds is 6. The number of allylic oxidation sites excluding steroid dienone is 1. The van der Waals surface area contributed by atoms with Gasteiger partial charge in [0.15, 0.2) is 5.17 Å². The number of ether oxygens (including phenoxy) is 1. The third-order valence-corrected chi connectivity index (χ3v) is 7.27. The van der Waals surface area contributed by atoms with Crippen LogP contribution in [0, 0.1) is 0 Å². The normalized spacial score (nSPS) is 23.1. The van der Waals surface area contributed by atoms with Crippen molar-refractivity contribution in [2.24, 2.45) is 4.99 Å². The highest BCUT2D eigenvalue weighted by atomic mass is 32.2. The molecule has 0 N–H and O–H groups in total. The molecule has 3 aliphatic rings. The maximum Gasteiger partial charge on any atom is 0.338 e. The highest BCUT2D eigenvalue weighted by Crippen LogP contribution is 2.45. The number of thioether (sulfide) groups is 1. The number of carbonyl (C=O) groups excluding carboxylic acids is 2. The first-order chi connectivity index (χ1) is 15.4. The second kappa shape index (κ2) is 9.50. The van der Waals surface area contributed by atoms with Crippen LogP contribution in [0.1, 0.15) is 37.8 Å². The second-order valence-electron chi connectivity index (χ2n) is 8.40. The topological polar surface area (TPSA) is 65.5 Å². The van der Waals surface area contributed by atoms with E-state index >= 15 is 0 Å². The van der Waals surface area contributed by atoms with Crippen LogP contribution >= 0.6 is 11.8 Å². The highest BCUT2D eigenvalue weighted by Gasteiger charge is 2.41. The van der Waals surface area contributed by atoms with Crippen LogP contribution < -0.4 is 0 Å². The van der Waals surface area contributed by atoms with Gasteiger partial charge in [0.2, 0.25) is 5.91 Å². The number of likely N-dealkylation sites (tertiary alicyclic amines) is 1. The summed E-state index contributed by atoms with van der Waals surface area (Å²) in [7, 11) is 5.38. The summed E-state index contributed by atoms with van der Waals surface area (Å²) >= 11 is 1.51. The number of esters is 1. The van der Waals surface area contributed by atoms with Gasteiger partial charge in [0.05, 0.1) is 30.8 Å². The number of aliphatic imine (C=N–C) groups is 1. The van der Waals surface area contributed by atoms with E-state index in [4.69, 9.17) is 9.73 Å². The standard InChI is InChI=1S/C24H30N4O3S/c1-5-19-21(23(30)31-4)22(16-9-7-6-8-10-16)28-18(15-32-24(28)25-19)13-20(29)27(3)17-11-12-26(2)14-17/h6-10,15,17,22H,5,11-14H2,1-4H3.